The zero-order valence-corrected chi connectivity index (χ0v) is 15.2. The fourth-order valence-electron chi connectivity index (χ4n) is 2.66. The van der Waals surface area contributed by atoms with Crippen LogP contribution in [-0.4, -0.2) is 47.1 Å². The van der Waals surface area contributed by atoms with Gasteiger partial charge in [-0.1, -0.05) is 11.8 Å². The molecule has 1 N–H and O–H groups in total. The highest BCUT2D eigenvalue weighted by molar-refractivity contribution is 7.99. The van der Waals surface area contributed by atoms with Crippen LogP contribution in [0.3, 0.4) is 0 Å². The second kappa shape index (κ2) is 8.98. The summed E-state index contributed by atoms with van der Waals surface area (Å²) in [5.74, 6) is -3.87. The third-order valence-electron chi connectivity index (χ3n) is 3.94. The fraction of sp³-hybridized carbons (Fsp3) is 0.471. The average molecular weight is 386 g/mol. The molecule has 0 aromatic heterocycles. The molecule has 1 fully saturated rings. The van der Waals surface area contributed by atoms with E-state index < -0.39 is 29.8 Å². The zero-order chi connectivity index (χ0) is 19.3. The summed E-state index contributed by atoms with van der Waals surface area (Å²) in [5.41, 5.74) is 0.405. The zero-order valence-electron chi connectivity index (χ0n) is 14.4. The van der Waals surface area contributed by atoms with Crippen LogP contribution in [0.2, 0.25) is 0 Å². The van der Waals surface area contributed by atoms with Crippen LogP contribution in [0.5, 0.6) is 0 Å². The Morgan fingerprint density at radius 1 is 1.27 bits per heavy atom. The number of hydrogen-bond acceptors (Lipinski definition) is 5. The minimum atomic E-state index is -2.51. The monoisotopic (exact) mass is 386 g/mol. The van der Waals surface area contributed by atoms with E-state index in [-0.39, 0.29) is 5.91 Å². The minimum absolute atomic E-state index is 0.205. The molecule has 142 valence electrons. The third-order valence-corrected chi connectivity index (χ3v) is 4.66. The number of carbonyl (C=O) groups is 3. The van der Waals surface area contributed by atoms with Crippen LogP contribution >= 0.6 is 11.8 Å². The Morgan fingerprint density at radius 3 is 2.50 bits per heavy atom. The van der Waals surface area contributed by atoms with E-state index >= 15 is 0 Å². The average Bonchev–Trinajstić information content (AvgIpc) is 3.06. The smallest absolute Gasteiger partial charge is 0.329 e. The van der Waals surface area contributed by atoms with Crippen LogP contribution in [0, 0.1) is 0 Å². The largest absolute Gasteiger partial charge is 0.451 e. The highest BCUT2D eigenvalue weighted by Crippen LogP contribution is 2.26. The number of likely N-dealkylation sites (tertiary alicyclic amines) is 1. The van der Waals surface area contributed by atoms with Crippen molar-refractivity contribution in [3.05, 3.63) is 24.3 Å². The molecule has 0 spiro atoms. The maximum absolute atomic E-state index is 12.3. The molecule has 9 heteroatoms. The lowest BCUT2D eigenvalue weighted by molar-refractivity contribution is -0.159. The fourth-order valence-corrected chi connectivity index (χ4v) is 3.16. The molecule has 1 aliphatic rings. The number of thioether (sulfide) groups is 1. The molecule has 0 radical (unpaired) electrons. The number of benzene rings is 1. The second-order valence-electron chi connectivity index (χ2n) is 5.84. The Balaban J connectivity index is 1.89. The number of nitrogens with one attached hydrogen (secondary N) is 1. The van der Waals surface area contributed by atoms with E-state index in [4.69, 9.17) is 4.74 Å². The Kier molecular flexibility index (Phi) is 6.96. The lowest BCUT2D eigenvalue weighted by Gasteiger charge is -2.23. The summed E-state index contributed by atoms with van der Waals surface area (Å²) in [6.07, 6.45) is 0.172. The van der Waals surface area contributed by atoms with Crippen LogP contribution < -0.4 is 5.32 Å². The first-order chi connectivity index (χ1) is 12.3. The lowest BCUT2D eigenvalue weighted by Crippen LogP contribution is -2.42. The van der Waals surface area contributed by atoms with Crippen molar-refractivity contribution in [2.24, 2.45) is 0 Å². The van der Waals surface area contributed by atoms with E-state index in [1.165, 1.54) is 43.0 Å². The van der Waals surface area contributed by atoms with Crippen molar-refractivity contribution < 1.29 is 27.9 Å². The second-order valence-corrected chi connectivity index (χ2v) is 6.91. The lowest BCUT2D eigenvalue weighted by atomic mass is 10.2. The first-order valence-electron chi connectivity index (χ1n) is 8.11. The Morgan fingerprint density at radius 2 is 1.92 bits per heavy atom. The van der Waals surface area contributed by atoms with Gasteiger partial charge in [-0.25, -0.2) is 4.79 Å². The number of esters is 1. The van der Waals surface area contributed by atoms with E-state index in [2.05, 4.69) is 5.32 Å². The highest BCUT2D eigenvalue weighted by atomic mass is 32.2. The molecular weight excluding hydrogens is 366 g/mol. The molecule has 2 atom stereocenters. The first-order valence-corrected chi connectivity index (χ1v) is 8.99. The predicted octanol–water partition coefficient (Wildman–Crippen LogP) is 2.88. The molecule has 1 aromatic rings. The van der Waals surface area contributed by atoms with Crippen LogP contribution in [0.4, 0.5) is 14.5 Å². The van der Waals surface area contributed by atoms with E-state index in [0.29, 0.717) is 41.7 Å². The van der Waals surface area contributed by atoms with Crippen LogP contribution in [0.25, 0.3) is 0 Å². The number of anilines is 1. The number of nitrogens with zero attached hydrogens (tertiary/aromatic N) is 1. The number of carbonyl (C=O) groups excluding carboxylic acids is 3. The van der Waals surface area contributed by atoms with Crippen molar-refractivity contribution in [2.45, 2.75) is 49.5 Å². The van der Waals surface area contributed by atoms with Crippen LogP contribution in [0.15, 0.2) is 29.2 Å². The summed E-state index contributed by atoms with van der Waals surface area (Å²) in [6.45, 7) is 3.32. The predicted molar refractivity (Wildman–Crippen MR) is 92.9 cm³/mol. The topological polar surface area (TPSA) is 75.7 Å². The standard InChI is InChI=1S/C17H20F2N2O4S/c1-10(25-16(24)14-4-3-9-21(14)11(2)22)15(23)20-12-5-7-13(8-6-12)26-17(18)19/h5-8,10,14,17H,3-4,9H2,1-2H3,(H,20,23)/t10-,14+/m0/s1. The van der Waals surface area contributed by atoms with Gasteiger partial charge in [0.05, 0.1) is 0 Å². The molecule has 1 aliphatic heterocycles. The molecular formula is C17H20F2N2O4S. The van der Waals surface area contributed by atoms with Gasteiger partial charge in [0, 0.05) is 24.1 Å². The number of rotatable bonds is 6. The van der Waals surface area contributed by atoms with Crippen molar-refractivity contribution in [2.75, 3.05) is 11.9 Å². The summed E-state index contributed by atoms with van der Waals surface area (Å²) >= 11 is 0.410. The van der Waals surface area contributed by atoms with Gasteiger partial charge in [-0.3, -0.25) is 9.59 Å². The molecule has 1 saturated heterocycles. The number of alkyl halides is 2. The third kappa shape index (κ3) is 5.42. The van der Waals surface area contributed by atoms with E-state index in [1.807, 2.05) is 0 Å². The quantitative estimate of drug-likeness (QED) is 0.601. The minimum Gasteiger partial charge on any atom is -0.451 e. The molecule has 2 amide bonds. The summed E-state index contributed by atoms with van der Waals surface area (Å²) in [6, 6.07) is 5.25. The van der Waals surface area contributed by atoms with Gasteiger partial charge in [0.1, 0.15) is 6.04 Å². The molecule has 1 heterocycles. The highest BCUT2D eigenvalue weighted by Gasteiger charge is 2.35. The van der Waals surface area contributed by atoms with Gasteiger partial charge in [-0.15, -0.1) is 0 Å². The Bertz CT molecular complexity index is 669. The van der Waals surface area contributed by atoms with Gasteiger partial charge in [-0.2, -0.15) is 8.78 Å². The molecule has 6 nitrogen and oxygen atoms in total. The van der Waals surface area contributed by atoms with Crippen molar-refractivity contribution >= 4 is 35.2 Å². The number of hydrogen-bond donors (Lipinski definition) is 1. The van der Waals surface area contributed by atoms with E-state index in [0.717, 1.165) is 0 Å². The maximum Gasteiger partial charge on any atom is 0.329 e. The summed E-state index contributed by atoms with van der Waals surface area (Å²) in [5, 5.41) is 2.56. The molecule has 0 unspecified atom stereocenters. The number of halogens is 2. The number of ether oxygens (including phenoxy) is 1. The molecule has 1 aromatic carbocycles. The van der Waals surface area contributed by atoms with Crippen molar-refractivity contribution in [3.8, 4) is 0 Å². The molecule has 0 bridgehead atoms. The summed E-state index contributed by atoms with van der Waals surface area (Å²) < 4.78 is 29.7. The van der Waals surface area contributed by atoms with Gasteiger partial charge >= 0.3 is 5.97 Å². The van der Waals surface area contributed by atoms with Gasteiger partial charge in [-0.05, 0) is 44.0 Å². The van der Waals surface area contributed by atoms with Crippen molar-refractivity contribution in [3.63, 3.8) is 0 Å². The van der Waals surface area contributed by atoms with E-state index in [1.54, 1.807) is 0 Å². The Labute approximate surface area is 154 Å². The van der Waals surface area contributed by atoms with Crippen LogP contribution in [-0.2, 0) is 19.1 Å². The Hall–Kier alpha value is -2.16. The van der Waals surface area contributed by atoms with Crippen molar-refractivity contribution in [1.29, 1.82) is 0 Å². The summed E-state index contributed by atoms with van der Waals surface area (Å²) in [4.78, 5) is 37.7. The van der Waals surface area contributed by atoms with Crippen molar-refractivity contribution in [1.82, 2.24) is 4.90 Å². The molecule has 0 saturated carbocycles. The summed E-state index contributed by atoms with van der Waals surface area (Å²) in [7, 11) is 0. The first kappa shape index (κ1) is 20.2. The SMILES string of the molecule is CC(=O)N1CCC[C@@H]1C(=O)O[C@@H](C)C(=O)Nc1ccc(SC(F)F)cc1. The van der Waals surface area contributed by atoms with Gasteiger partial charge in [0.15, 0.2) is 6.10 Å². The van der Waals surface area contributed by atoms with Gasteiger partial charge < -0.3 is 15.0 Å². The van der Waals surface area contributed by atoms with E-state index in [9.17, 15) is 23.2 Å². The van der Waals surface area contributed by atoms with Crippen LogP contribution in [0.1, 0.15) is 26.7 Å². The normalized spacial score (nSPS) is 17.9. The molecule has 2 rings (SSSR count). The van der Waals surface area contributed by atoms with Gasteiger partial charge in [0.2, 0.25) is 5.91 Å². The number of amides is 2. The van der Waals surface area contributed by atoms with Gasteiger partial charge in [0.25, 0.3) is 11.7 Å². The maximum atomic E-state index is 12.3. The molecule has 0 aliphatic carbocycles. The molecule has 26 heavy (non-hydrogen) atoms.